The van der Waals surface area contributed by atoms with Gasteiger partial charge in [-0.3, -0.25) is 4.79 Å². The summed E-state index contributed by atoms with van der Waals surface area (Å²) in [5, 5.41) is 3.67. The van der Waals surface area contributed by atoms with Crippen LogP contribution in [0.25, 0.3) is 0 Å². The fraction of sp³-hybridized carbons (Fsp3) is 0.385. The van der Waals surface area contributed by atoms with Gasteiger partial charge in [-0.05, 0) is 18.9 Å². The molecule has 2 aromatic rings. The second kappa shape index (κ2) is 5.28. The van der Waals surface area contributed by atoms with Crippen LogP contribution in [0.1, 0.15) is 34.9 Å². The van der Waals surface area contributed by atoms with Crippen molar-refractivity contribution in [2.24, 2.45) is 0 Å². The highest BCUT2D eigenvalue weighted by atomic mass is 16.5. The third-order valence-corrected chi connectivity index (χ3v) is 3.50. The molecular formula is C13H14N4O3. The summed E-state index contributed by atoms with van der Waals surface area (Å²) in [6.45, 7) is 1.25. The number of H-pyrrole nitrogens is 1. The Morgan fingerprint density at radius 2 is 2.35 bits per heavy atom. The van der Waals surface area contributed by atoms with E-state index in [0.717, 1.165) is 18.5 Å². The fourth-order valence-corrected chi connectivity index (χ4v) is 2.52. The van der Waals surface area contributed by atoms with E-state index < -0.39 is 0 Å². The number of carbonyl (C=O) groups is 1. The SMILES string of the molecule is O=C(c1ccon1)N1CCC[C@H](c2ccnc(=O)[nH]2)C1. The number of nitrogens with one attached hydrogen (secondary N) is 1. The van der Waals surface area contributed by atoms with E-state index in [9.17, 15) is 9.59 Å². The molecule has 3 rings (SSSR count). The summed E-state index contributed by atoms with van der Waals surface area (Å²) in [5.74, 6) is -0.0184. The molecule has 1 N–H and O–H groups in total. The van der Waals surface area contributed by atoms with Crippen LogP contribution in [0.3, 0.4) is 0 Å². The van der Waals surface area contributed by atoms with Gasteiger partial charge in [0.15, 0.2) is 5.69 Å². The van der Waals surface area contributed by atoms with Gasteiger partial charge in [-0.1, -0.05) is 5.16 Å². The Morgan fingerprint density at radius 3 is 3.10 bits per heavy atom. The Kier molecular flexibility index (Phi) is 3.32. The molecule has 0 aromatic carbocycles. The van der Waals surface area contributed by atoms with E-state index in [4.69, 9.17) is 4.52 Å². The van der Waals surface area contributed by atoms with Gasteiger partial charge in [0, 0.05) is 37.0 Å². The Bertz CT molecular complexity index is 650. The van der Waals surface area contributed by atoms with Gasteiger partial charge in [-0.2, -0.15) is 0 Å². The lowest BCUT2D eigenvalue weighted by Gasteiger charge is -2.32. The van der Waals surface area contributed by atoms with Crippen LogP contribution in [0, 0.1) is 0 Å². The Morgan fingerprint density at radius 1 is 1.45 bits per heavy atom. The first-order valence-corrected chi connectivity index (χ1v) is 6.49. The van der Waals surface area contributed by atoms with E-state index in [1.807, 2.05) is 0 Å². The van der Waals surface area contributed by atoms with E-state index in [-0.39, 0.29) is 17.5 Å². The lowest BCUT2D eigenvalue weighted by atomic mass is 9.94. The third kappa shape index (κ3) is 2.47. The van der Waals surface area contributed by atoms with Crippen molar-refractivity contribution in [1.29, 1.82) is 0 Å². The van der Waals surface area contributed by atoms with Crippen molar-refractivity contribution in [2.45, 2.75) is 18.8 Å². The summed E-state index contributed by atoms with van der Waals surface area (Å²) in [6.07, 6.45) is 4.70. The number of likely N-dealkylation sites (tertiary alicyclic amines) is 1. The molecule has 20 heavy (non-hydrogen) atoms. The average Bonchev–Trinajstić information content (AvgIpc) is 3.01. The molecule has 1 fully saturated rings. The van der Waals surface area contributed by atoms with E-state index in [1.54, 1.807) is 17.0 Å². The number of aromatic nitrogens is 3. The summed E-state index contributed by atoms with van der Waals surface area (Å²) >= 11 is 0. The lowest BCUT2D eigenvalue weighted by molar-refractivity contribution is 0.0695. The number of rotatable bonds is 2. The number of carbonyl (C=O) groups excluding carboxylic acids is 1. The predicted molar refractivity (Wildman–Crippen MR) is 69.2 cm³/mol. The molecule has 2 aromatic heterocycles. The van der Waals surface area contributed by atoms with Gasteiger partial charge < -0.3 is 14.4 Å². The second-order valence-electron chi connectivity index (χ2n) is 4.81. The van der Waals surface area contributed by atoms with Crippen molar-refractivity contribution in [3.63, 3.8) is 0 Å². The minimum Gasteiger partial charge on any atom is -0.364 e. The molecule has 3 heterocycles. The smallest absolute Gasteiger partial charge is 0.345 e. The first kappa shape index (κ1) is 12.6. The first-order chi connectivity index (χ1) is 9.74. The van der Waals surface area contributed by atoms with E-state index in [0.29, 0.717) is 18.8 Å². The van der Waals surface area contributed by atoms with Crippen LogP contribution in [-0.4, -0.2) is 39.0 Å². The molecule has 1 aliphatic rings. The lowest BCUT2D eigenvalue weighted by Crippen LogP contribution is -2.39. The number of hydrogen-bond acceptors (Lipinski definition) is 5. The quantitative estimate of drug-likeness (QED) is 0.873. The molecule has 1 saturated heterocycles. The van der Waals surface area contributed by atoms with Crippen LogP contribution in [0.15, 0.2) is 33.9 Å². The van der Waals surface area contributed by atoms with Crippen molar-refractivity contribution < 1.29 is 9.32 Å². The van der Waals surface area contributed by atoms with Gasteiger partial charge >= 0.3 is 5.69 Å². The zero-order valence-electron chi connectivity index (χ0n) is 10.8. The van der Waals surface area contributed by atoms with Crippen LogP contribution in [0.5, 0.6) is 0 Å². The molecule has 1 amide bonds. The summed E-state index contributed by atoms with van der Waals surface area (Å²) in [6, 6.07) is 3.34. The monoisotopic (exact) mass is 274 g/mol. The molecule has 0 aliphatic carbocycles. The van der Waals surface area contributed by atoms with Gasteiger partial charge in [-0.15, -0.1) is 0 Å². The first-order valence-electron chi connectivity index (χ1n) is 6.49. The maximum atomic E-state index is 12.2. The zero-order chi connectivity index (χ0) is 13.9. The highest BCUT2D eigenvalue weighted by molar-refractivity contribution is 5.92. The van der Waals surface area contributed by atoms with Gasteiger partial charge in [-0.25, -0.2) is 9.78 Å². The van der Waals surface area contributed by atoms with E-state index >= 15 is 0 Å². The molecule has 0 radical (unpaired) electrons. The standard InChI is InChI=1S/C13H14N4O3/c18-12(11-4-7-20-16-11)17-6-1-2-9(8-17)10-3-5-14-13(19)15-10/h3-5,7,9H,1-2,6,8H2,(H,14,15,19)/t9-/m0/s1. The van der Waals surface area contributed by atoms with Crippen molar-refractivity contribution >= 4 is 5.91 Å². The highest BCUT2D eigenvalue weighted by Gasteiger charge is 2.27. The molecule has 7 nitrogen and oxygen atoms in total. The van der Waals surface area contributed by atoms with Crippen molar-refractivity contribution in [1.82, 2.24) is 20.0 Å². The maximum Gasteiger partial charge on any atom is 0.345 e. The van der Waals surface area contributed by atoms with Gasteiger partial charge in [0.2, 0.25) is 0 Å². The van der Waals surface area contributed by atoms with E-state index in [1.165, 1.54) is 12.5 Å². The molecule has 0 saturated carbocycles. The van der Waals surface area contributed by atoms with E-state index in [2.05, 4.69) is 15.1 Å². The van der Waals surface area contributed by atoms with Crippen LogP contribution in [-0.2, 0) is 0 Å². The van der Waals surface area contributed by atoms with Gasteiger partial charge in [0.05, 0.1) is 0 Å². The van der Waals surface area contributed by atoms with Crippen LogP contribution in [0.2, 0.25) is 0 Å². The molecule has 7 heteroatoms. The number of hydrogen-bond donors (Lipinski definition) is 1. The normalized spacial score (nSPS) is 19.0. The maximum absolute atomic E-state index is 12.2. The predicted octanol–water partition coefficient (Wildman–Crippen LogP) is 0.778. The molecule has 1 atom stereocenters. The molecular weight excluding hydrogens is 260 g/mol. The molecule has 0 spiro atoms. The molecule has 1 aliphatic heterocycles. The Hall–Kier alpha value is -2.44. The van der Waals surface area contributed by atoms with Crippen molar-refractivity contribution in [2.75, 3.05) is 13.1 Å². The second-order valence-corrected chi connectivity index (χ2v) is 4.81. The summed E-state index contributed by atoms with van der Waals surface area (Å²) in [7, 11) is 0. The summed E-state index contributed by atoms with van der Waals surface area (Å²) in [4.78, 5) is 31.6. The Balaban J connectivity index is 1.77. The number of aromatic amines is 1. The zero-order valence-corrected chi connectivity index (χ0v) is 10.8. The van der Waals surface area contributed by atoms with Crippen LogP contribution >= 0.6 is 0 Å². The topological polar surface area (TPSA) is 92.1 Å². The number of nitrogens with zero attached hydrogens (tertiary/aromatic N) is 3. The minimum absolute atomic E-state index is 0.121. The summed E-state index contributed by atoms with van der Waals surface area (Å²) in [5.41, 5.74) is 0.777. The van der Waals surface area contributed by atoms with Gasteiger partial charge in [0.1, 0.15) is 6.26 Å². The molecule has 104 valence electrons. The average molecular weight is 274 g/mol. The fourth-order valence-electron chi connectivity index (χ4n) is 2.52. The third-order valence-electron chi connectivity index (χ3n) is 3.50. The van der Waals surface area contributed by atoms with Crippen LogP contribution in [0.4, 0.5) is 0 Å². The van der Waals surface area contributed by atoms with Gasteiger partial charge in [0.25, 0.3) is 5.91 Å². The number of amides is 1. The largest absolute Gasteiger partial charge is 0.364 e. The summed E-state index contributed by atoms with van der Waals surface area (Å²) < 4.78 is 4.70. The molecule has 0 bridgehead atoms. The molecule has 0 unspecified atom stereocenters. The highest BCUT2D eigenvalue weighted by Crippen LogP contribution is 2.25. The van der Waals surface area contributed by atoms with Crippen molar-refractivity contribution in [3.05, 3.63) is 46.5 Å². The number of piperidine rings is 1. The van der Waals surface area contributed by atoms with Crippen LogP contribution < -0.4 is 5.69 Å². The Labute approximate surface area is 114 Å². The van der Waals surface area contributed by atoms with Crippen molar-refractivity contribution in [3.8, 4) is 0 Å². The minimum atomic E-state index is -0.359.